The first-order valence-corrected chi connectivity index (χ1v) is 10.7. The number of benzene rings is 1. The van der Waals surface area contributed by atoms with Crippen molar-refractivity contribution in [2.24, 2.45) is 0 Å². The number of thiophene rings is 1. The van der Waals surface area contributed by atoms with Gasteiger partial charge in [-0.05, 0) is 31.2 Å². The maximum Gasteiger partial charge on any atom is 0.138 e. The van der Waals surface area contributed by atoms with E-state index in [-0.39, 0.29) is 5.82 Å². The highest BCUT2D eigenvalue weighted by Gasteiger charge is 2.21. The Morgan fingerprint density at radius 1 is 1.14 bits per heavy atom. The van der Waals surface area contributed by atoms with Gasteiger partial charge in [-0.3, -0.25) is 4.90 Å². The second-order valence-electron chi connectivity index (χ2n) is 7.26. The molecule has 1 aliphatic rings. The van der Waals surface area contributed by atoms with Crippen LogP contribution in [0.4, 0.5) is 10.2 Å². The van der Waals surface area contributed by atoms with Crippen molar-refractivity contribution < 1.29 is 4.39 Å². The quantitative estimate of drug-likeness (QED) is 0.680. The van der Waals surface area contributed by atoms with Crippen LogP contribution in [0.15, 0.2) is 36.0 Å². The molecule has 5 nitrogen and oxygen atoms in total. The fourth-order valence-corrected chi connectivity index (χ4v) is 4.66. The van der Waals surface area contributed by atoms with Crippen LogP contribution in [0.5, 0.6) is 0 Å². The Morgan fingerprint density at radius 2 is 1.89 bits per heavy atom. The summed E-state index contributed by atoms with van der Waals surface area (Å²) in [4.78, 5) is 14.9. The number of likely N-dealkylation sites (N-methyl/N-ethyl adjacent to an activating group) is 1. The predicted molar refractivity (Wildman–Crippen MR) is 114 cm³/mol. The Kier molecular flexibility index (Phi) is 5.85. The van der Waals surface area contributed by atoms with Gasteiger partial charge in [0.2, 0.25) is 0 Å². The summed E-state index contributed by atoms with van der Waals surface area (Å²) in [6, 6.07) is 7.03. The van der Waals surface area contributed by atoms with Crippen molar-refractivity contribution in [3.8, 4) is 11.1 Å². The van der Waals surface area contributed by atoms with Crippen LogP contribution in [-0.2, 0) is 0 Å². The molecule has 1 saturated heterocycles. The average Bonchev–Trinajstić information content (AvgIpc) is 3.17. The lowest BCUT2D eigenvalue weighted by Gasteiger charge is -2.37. The zero-order valence-electron chi connectivity index (χ0n) is 16.4. The standard InChI is InChI=1S/C21H26FN5S/c1-3-26-8-10-27(11-9-26)15(2)12-23-20-19-18(13-28-21(19)25-14-24-20)16-4-6-17(22)7-5-16/h4-7,13-15H,3,8-12H2,1-2H3,(H,23,24,25). The van der Waals surface area contributed by atoms with Crippen LogP contribution in [0.25, 0.3) is 21.3 Å². The van der Waals surface area contributed by atoms with Crippen LogP contribution < -0.4 is 5.32 Å². The molecular weight excluding hydrogens is 373 g/mol. The second-order valence-corrected chi connectivity index (χ2v) is 8.12. The van der Waals surface area contributed by atoms with E-state index in [1.54, 1.807) is 17.7 Å². The maximum atomic E-state index is 13.3. The van der Waals surface area contributed by atoms with Gasteiger partial charge in [-0.15, -0.1) is 11.3 Å². The molecule has 3 heterocycles. The summed E-state index contributed by atoms with van der Waals surface area (Å²) in [5.41, 5.74) is 2.03. The highest BCUT2D eigenvalue weighted by atomic mass is 32.1. The van der Waals surface area contributed by atoms with E-state index in [2.05, 4.69) is 44.3 Å². The number of halogens is 1. The lowest BCUT2D eigenvalue weighted by atomic mass is 10.1. The van der Waals surface area contributed by atoms with E-state index in [1.165, 1.54) is 12.1 Å². The molecular formula is C21H26FN5S. The molecule has 148 valence electrons. The third-order valence-electron chi connectivity index (χ3n) is 5.57. The Morgan fingerprint density at radius 3 is 2.61 bits per heavy atom. The zero-order chi connectivity index (χ0) is 19.5. The average molecular weight is 400 g/mol. The lowest BCUT2D eigenvalue weighted by Crippen LogP contribution is -2.51. The SMILES string of the molecule is CCN1CCN(C(C)CNc2ncnc3scc(-c4ccc(F)cc4)c23)CC1. The fourth-order valence-electron chi connectivity index (χ4n) is 3.74. The Bertz CT molecular complexity index is 918. The van der Waals surface area contributed by atoms with Crippen LogP contribution >= 0.6 is 11.3 Å². The molecule has 1 aliphatic heterocycles. The van der Waals surface area contributed by atoms with Gasteiger partial charge < -0.3 is 10.2 Å². The topological polar surface area (TPSA) is 44.3 Å². The van der Waals surface area contributed by atoms with E-state index in [1.807, 2.05) is 12.1 Å². The van der Waals surface area contributed by atoms with Gasteiger partial charge in [0.05, 0.1) is 5.39 Å². The van der Waals surface area contributed by atoms with Crippen molar-refractivity contribution in [2.75, 3.05) is 44.6 Å². The molecule has 1 atom stereocenters. The monoisotopic (exact) mass is 399 g/mol. The van der Waals surface area contributed by atoms with Crippen molar-refractivity contribution in [2.45, 2.75) is 19.9 Å². The second kappa shape index (κ2) is 8.51. The minimum Gasteiger partial charge on any atom is -0.368 e. The molecule has 0 aliphatic carbocycles. The molecule has 1 unspecified atom stereocenters. The van der Waals surface area contributed by atoms with Crippen molar-refractivity contribution in [3.05, 3.63) is 41.8 Å². The van der Waals surface area contributed by atoms with Crippen LogP contribution in [-0.4, -0.2) is 65.1 Å². The van der Waals surface area contributed by atoms with Gasteiger partial charge in [0, 0.05) is 49.7 Å². The lowest BCUT2D eigenvalue weighted by molar-refractivity contribution is 0.110. The van der Waals surface area contributed by atoms with Crippen molar-refractivity contribution in [1.82, 2.24) is 19.8 Å². The van der Waals surface area contributed by atoms with E-state index in [0.717, 1.165) is 66.4 Å². The Balaban J connectivity index is 1.51. The molecule has 1 aromatic carbocycles. The molecule has 0 amide bonds. The molecule has 1 fully saturated rings. The molecule has 0 saturated carbocycles. The van der Waals surface area contributed by atoms with Gasteiger partial charge in [0.1, 0.15) is 22.8 Å². The van der Waals surface area contributed by atoms with Gasteiger partial charge >= 0.3 is 0 Å². The number of nitrogens with zero attached hydrogens (tertiary/aromatic N) is 4. The van der Waals surface area contributed by atoms with Crippen LogP contribution in [0.3, 0.4) is 0 Å². The number of nitrogens with one attached hydrogen (secondary N) is 1. The van der Waals surface area contributed by atoms with Crippen LogP contribution in [0.2, 0.25) is 0 Å². The van der Waals surface area contributed by atoms with Gasteiger partial charge in [0.25, 0.3) is 0 Å². The normalized spacial score (nSPS) is 17.1. The number of rotatable bonds is 6. The molecule has 1 N–H and O–H groups in total. The minimum absolute atomic E-state index is 0.227. The summed E-state index contributed by atoms with van der Waals surface area (Å²) in [5, 5.41) is 6.63. The summed E-state index contributed by atoms with van der Waals surface area (Å²) in [6.07, 6.45) is 1.61. The number of piperazine rings is 1. The molecule has 4 rings (SSSR count). The van der Waals surface area contributed by atoms with Crippen molar-refractivity contribution >= 4 is 27.4 Å². The van der Waals surface area contributed by atoms with E-state index < -0.39 is 0 Å². The molecule has 28 heavy (non-hydrogen) atoms. The molecule has 2 aromatic heterocycles. The van der Waals surface area contributed by atoms with Gasteiger partial charge in [-0.25, -0.2) is 14.4 Å². The highest BCUT2D eigenvalue weighted by Crippen LogP contribution is 2.36. The largest absolute Gasteiger partial charge is 0.368 e. The minimum atomic E-state index is -0.227. The predicted octanol–water partition coefficient (Wildman–Crippen LogP) is 3.94. The smallest absolute Gasteiger partial charge is 0.138 e. The van der Waals surface area contributed by atoms with Crippen LogP contribution in [0.1, 0.15) is 13.8 Å². The fraction of sp³-hybridized carbons (Fsp3) is 0.429. The zero-order valence-corrected chi connectivity index (χ0v) is 17.2. The maximum absolute atomic E-state index is 13.3. The molecule has 0 spiro atoms. The summed E-state index contributed by atoms with van der Waals surface area (Å²) >= 11 is 1.59. The van der Waals surface area contributed by atoms with Gasteiger partial charge in [0.15, 0.2) is 0 Å². The number of hydrogen-bond donors (Lipinski definition) is 1. The first-order chi connectivity index (χ1) is 13.7. The van der Waals surface area contributed by atoms with E-state index >= 15 is 0 Å². The van der Waals surface area contributed by atoms with E-state index in [0.29, 0.717) is 6.04 Å². The summed E-state index contributed by atoms with van der Waals surface area (Å²) in [6.45, 7) is 10.9. The van der Waals surface area contributed by atoms with Crippen LogP contribution in [0, 0.1) is 5.82 Å². The molecule has 3 aromatic rings. The van der Waals surface area contributed by atoms with E-state index in [4.69, 9.17) is 0 Å². The molecule has 7 heteroatoms. The number of hydrogen-bond acceptors (Lipinski definition) is 6. The number of anilines is 1. The van der Waals surface area contributed by atoms with Gasteiger partial charge in [-0.1, -0.05) is 19.1 Å². The Labute approximate surface area is 169 Å². The molecule has 0 radical (unpaired) electrons. The number of aromatic nitrogens is 2. The third-order valence-corrected chi connectivity index (χ3v) is 6.45. The highest BCUT2D eigenvalue weighted by molar-refractivity contribution is 7.17. The summed E-state index contributed by atoms with van der Waals surface area (Å²) < 4.78 is 13.3. The van der Waals surface area contributed by atoms with Gasteiger partial charge in [-0.2, -0.15) is 0 Å². The first-order valence-electron chi connectivity index (χ1n) is 9.84. The number of fused-ring (bicyclic) bond motifs is 1. The third kappa shape index (κ3) is 4.01. The van der Waals surface area contributed by atoms with Crippen molar-refractivity contribution in [1.29, 1.82) is 0 Å². The summed E-state index contributed by atoms with van der Waals surface area (Å²) in [7, 11) is 0. The molecule has 0 bridgehead atoms. The summed E-state index contributed by atoms with van der Waals surface area (Å²) in [5.74, 6) is 0.625. The van der Waals surface area contributed by atoms with Crippen molar-refractivity contribution in [3.63, 3.8) is 0 Å². The first kappa shape index (κ1) is 19.2. The van der Waals surface area contributed by atoms with E-state index in [9.17, 15) is 4.39 Å². The Hall–Kier alpha value is -2.09.